The van der Waals surface area contributed by atoms with Crippen molar-refractivity contribution in [1.29, 1.82) is 0 Å². The number of carbonyl (C=O) groups is 1. The van der Waals surface area contributed by atoms with Crippen molar-refractivity contribution in [1.82, 2.24) is 4.90 Å². The smallest absolute Gasteiger partial charge is 0.222 e. The maximum Gasteiger partial charge on any atom is 0.222 e. The van der Waals surface area contributed by atoms with Gasteiger partial charge in [-0.05, 0) is 17.5 Å². The van der Waals surface area contributed by atoms with Gasteiger partial charge >= 0.3 is 0 Å². The van der Waals surface area contributed by atoms with Crippen LogP contribution in [0.3, 0.4) is 0 Å². The van der Waals surface area contributed by atoms with Crippen LogP contribution < -0.4 is 4.74 Å². The molecule has 3 nitrogen and oxygen atoms in total. The second-order valence-electron chi connectivity index (χ2n) is 4.49. The number of nitrogens with zero attached hydrogens (tertiary/aromatic N) is 1. The Bertz CT molecular complexity index is 551. The highest BCUT2D eigenvalue weighted by Crippen LogP contribution is 2.21. The van der Waals surface area contributed by atoms with E-state index in [1.54, 1.807) is 18.4 Å². The van der Waals surface area contributed by atoms with Crippen molar-refractivity contribution in [2.24, 2.45) is 0 Å². The van der Waals surface area contributed by atoms with Gasteiger partial charge in [0.15, 0.2) is 0 Å². The molecule has 2 rings (SSSR count). The fraction of sp³-hybridized carbons (Fsp3) is 0.312. The molecular formula is C16H19NO2S. The second kappa shape index (κ2) is 7.10. The van der Waals surface area contributed by atoms with E-state index >= 15 is 0 Å². The SMILES string of the molecule is CCC(=O)N(Cc1cccs1)Cc1ccccc1OC. The van der Waals surface area contributed by atoms with Gasteiger partial charge in [0, 0.05) is 23.4 Å². The predicted molar refractivity (Wildman–Crippen MR) is 81.9 cm³/mol. The first-order valence-electron chi connectivity index (χ1n) is 6.66. The average molecular weight is 289 g/mol. The molecule has 0 N–H and O–H groups in total. The Labute approximate surface area is 123 Å². The molecule has 0 aliphatic carbocycles. The zero-order valence-electron chi connectivity index (χ0n) is 11.8. The van der Waals surface area contributed by atoms with Crippen LogP contribution in [0.25, 0.3) is 0 Å². The number of para-hydroxylation sites is 1. The summed E-state index contributed by atoms with van der Waals surface area (Å²) in [6, 6.07) is 11.9. The number of benzene rings is 1. The van der Waals surface area contributed by atoms with E-state index in [0.717, 1.165) is 11.3 Å². The van der Waals surface area contributed by atoms with Gasteiger partial charge < -0.3 is 9.64 Å². The first-order valence-corrected chi connectivity index (χ1v) is 7.54. The van der Waals surface area contributed by atoms with Gasteiger partial charge in [0.1, 0.15) is 5.75 Å². The largest absolute Gasteiger partial charge is 0.496 e. The van der Waals surface area contributed by atoms with Gasteiger partial charge in [-0.15, -0.1) is 11.3 Å². The van der Waals surface area contributed by atoms with Crippen molar-refractivity contribution in [3.63, 3.8) is 0 Å². The lowest BCUT2D eigenvalue weighted by molar-refractivity contribution is -0.132. The third kappa shape index (κ3) is 3.61. The lowest BCUT2D eigenvalue weighted by Gasteiger charge is -2.22. The molecule has 1 amide bonds. The number of rotatable bonds is 6. The molecule has 0 aliphatic rings. The highest BCUT2D eigenvalue weighted by molar-refractivity contribution is 7.09. The monoisotopic (exact) mass is 289 g/mol. The van der Waals surface area contributed by atoms with Gasteiger partial charge in [-0.25, -0.2) is 0 Å². The lowest BCUT2D eigenvalue weighted by Crippen LogP contribution is -2.29. The van der Waals surface area contributed by atoms with Crippen LogP contribution >= 0.6 is 11.3 Å². The number of hydrogen-bond acceptors (Lipinski definition) is 3. The summed E-state index contributed by atoms with van der Waals surface area (Å²) < 4.78 is 5.36. The summed E-state index contributed by atoms with van der Waals surface area (Å²) in [5, 5.41) is 2.03. The van der Waals surface area contributed by atoms with Gasteiger partial charge in [-0.1, -0.05) is 31.2 Å². The van der Waals surface area contributed by atoms with Crippen LogP contribution in [-0.2, 0) is 17.9 Å². The highest BCUT2D eigenvalue weighted by atomic mass is 32.1. The van der Waals surface area contributed by atoms with E-state index in [1.807, 2.05) is 47.5 Å². The fourth-order valence-electron chi connectivity index (χ4n) is 2.09. The molecule has 0 radical (unpaired) electrons. The fourth-order valence-corrected chi connectivity index (χ4v) is 2.81. The minimum Gasteiger partial charge on any atom is -0.496 e. The predicted octanol–water partition coefficient (Wildman–Crippen LogP) is 3.70. The van der Waals surface area contributed by atoms with Crippen molar-refractivity contribution >= 4 is 17.2 Å². The van der Waals surface area contributed by atoms with Crippen molar-refractivity contribution < 1.29 is 9.53 Å². The van der Waals surface area contributed by atoms with Gasteiger partial charge in [-0.3, -0.25) is 4.79 Å². The van der Waals surface area contributed by atoms with E-state index in [-0.39, 0.29) is 5.91 Å². The van der Waals surface area contributed by atoms with Gasteiger partial charge in [0.2, 0.25) is 5.91 Å². The number of carbonyl (C=O) groups excluding carboxylic acids is 1. The van der Waals surface area contributed by atoms with E-state index in [4.69, 9.17) is 4.74 Å². The van der Waals surface area contributed by atoms with Crippen molar-refractivity contribution in [2.75, 3.05) is 7.11 Å². The minimum atomic E-state index is 0.157. The van der Waals surface area contributed by atoms with E-state index in [9.17, 15) is 4.79 Å². The van der Waals surface area contributed by atoms with Crippen molar-refractivity contribution in [3.8, 4) is 5.75 Å². The third-order valence-corrected chi connectivity index (χ3v) is 4.00. The van der Waals surface area contributed by atoms with Crippen LogP contribution in [0.4, 0.5) is 0 Å². The Hall–Kier alpha value is -1.81. The van der Waals surface area contributed by atoms with E-state index in [1.165, 1.54) is 4.88 Å². The van der Waals surface area contributed by atoms with Crippen LogP contribution in [0.5, 0.6) is 5.75 Å². The summed E-state index contributed by atoms with van der Waals surface area (Å²) >= 11 is 1.67. The quantitative estimate of drug-likeness (QED) is 0.811. The van der Waals surface area contributed by atoms with Crippen LogP contribution in [0.15, 0.2) is 41.8 Å². The Morgan fingerprint density at radius 1 is 1.20 bits per heavy atom. The topological polar surface area (TPSA) is 29.5 Å². The van der Waals surface area contributed by atoms with Gasteiger partial charge in [0.25, 0.3) is 0 Å². The normalized spacial score (nSPS) is 10.3. The highest BCUT2D eigenvalue weighted by Gasteiger charge is 2.15. The molecule has 1 heterocycles. The Morgan fingerprint density at radius 3 is 2.65 bits per heavy atom. The first kappa shape index (κ1) is 14.6. The molecule has 1 aromatic carbocycles. The molecule has 0 saturated heterocycles. The molecule has 0 saturated carbocycles. The Kier molecular flexibility index (Phi) is 5.18. The summed E-state index contributed by atoms with van der Waals surface area (Å²) in [7, 11) is 1.66. The van der Waals surface area contributed by atoms with Crippen LogP contribution in [-0.4, -0.2) is 17.9 Å². The summed E-state index contributed by atoms with van der Waals surface area (Å²) in [5.41, 5.74) is 1.04. The number of thiophene rings is 1. The van der Waals surface area contributed by atoms with Crippen LogP contribution in [0.1, 0.15) is 23.8 Å². The summed E-state index contributed by atoms with van der Waals surface area (Å²) in [5.74, 6) is 0.983. The number of amides is 1. The van der Waals surface area contributed by atoms with E-state index in [2.05, 4.69) is 6.07 Å². The molecule has 20 heavy (non-hydrogen) atoms. The Morgan fingerprint density at radius 2 is 2.00 bits per heavy atom. The van der Waals surface area contributed by atoms with Gasteiger partial charge in [-0.2, -0.15) is 0 Å². The molecule has 1 aromatic heterocycles. The molecule has 0 fully saturated rings. The molecule has 0 aliphatic heterocycles. The molecule has 0 atom stereocenters. The summed E-state index contributed by atoms with van der Waals surface area (Å²) in [6.07, 6.45) is 0.514. The molecule has 2 aromatic rings. The zero-order chi connectivity index (χ0) is 14.4. The second-order valence-corrected chi connectivity index (χ2v) is 5.53. The van der Waals surface area contributed by atoms with E-state index in [0.29, 0.717) is 19.5 Å². The third-order valence-electron chi connectivity index (χ3n) is 3.14. The summed E-state index contributed by atoms with van der Waals surface area (Å²) in [6.45, 7) is 3.13. The summed E-state index contributed by atoms with van der Waals surface area (Å²) in [4.78, 5) is 15.2. The molecule has 106 valence electrons. The molecule has 0 unspecified atom stereocenters. The van der Waals surface area contributed by atoms with Gasteiger partial charge in [0.05, 0.1) is 13.7 Å². The Balaban J connectivity index is 2.17. The zero-order valence-corrected chi connectivity index (χ0v) is 12.7. The number of hydrogen-bond donors (Lipinski definition) is 0. The maximum absolute atomic E-state index is 12.1. The number of ether oxygens (including phenoxy) is 1. The molecular weight excluding hydrogens is 270 g/mol. The van der Waals surface area contributed by atoms with Crippen LogP contribution in [0, 0.1) is 0 Å². The average Bonchev–Trinajstić information content (AvgIpc) is 2.99. The molecule has 0 spiro atoms. The lowest BCUT2D eigenvalue weighted by atomic mass is 10.1. The maximum atomic E-state index is 12.1. The van der Waals surface area contributed by atoms with Crippen molar-refractivity contribution in [2.45, 2.75) is 26.4 Å². The molecule has 4 heteroatoms. The minimum absolute atomic E-state index is 0.157. The van der Waals surface area contributed by atoms with Crippen LogP contribution in [0.2, 0.25) is 0 Å². The van der Waals surface area contributed by atoms with E-state index < -0.39 is 0 Å². The molecule has 0 bridgehead atoms. The first-order chi connectivity index (χ1) is 9.74. The standard InChI is InChI=1S/C16H19NO2S/c1-3-16(18)17(12-14-8-6-10-20-14)11-13-7-4-5-9-15(13)19-2/h4-10H,3,11-12H2,1-2H3. The van der Waals surface area contributed by atoms with Crippen molar-refractivity contribution in [3.05, 3.63) is 52.2 Å². The number of methoxy groups -OCH3 is 1.